The van der Waals surface area contributed by atoms with Gasteiger partial charge >= 0.3 is 0 Å². The van der Waals surface area contributed by atoms with Crippen LogP contribution in [0, 0.1) is 6.92 Å². The summed E-state index contributed by atoms with van der Waals surface area (Å²) >= 11 is 5.86. The maximum atomic E-state index is 11.9. The van der Waals surface area contributed by atoms with Crippen LogP contribution in [0.2, 0.25) is 5.02 Å². The summed E-state index contributed by atoms with van der Waals surface area (Å²) in [4.78, 5) is 11.9. The van der Waals surface area contributed by atoms with Gasteiger partial charge in [-0.25, -0.2) is 0 Å². The quantitative estimate of drug-likeness (QED) is 0.909. The van der Waals surface area contributed by atoms with E-state index in [0.717, 1.165) is 5.56 Å². The Kier molecular flexibility index (Phi) is 5.23. The fraction of sp³-hybridized carbons (Fsp3) is 0.235. The van der Waals surface area contributed by atoms with Gasteiger partial charge < -0.3 is 10.1 Å². The molecular formula is C17H18ClNO2. The van der Waals surface area contributed by atoms with Crippen molar-refractivity contribution in [2.45, 2.75) is 19.9 Å². The van der Waals surface area contributed by atoms with Crippen LogP contribution in [-0.2, 0) is 4.79 Å². The first-order valence-electron chi connectivity index (χ1n) is 6.79. The lowest BCUT2D eigenvalue weighted by molar-refractivity contribution is -0.123. The van der Waals surface area contributed by atoms with Gasteiger partial charge in [0.05, 0.1) is 6.04 Å². The molecule has 3 nitrogen and oxygen atoms in total. The number of benzene rings is 2. The largest absolute Gasteiger partial charge is 0.484 e. The molecule has 0 heterocycles. The Balaban J connectivity index is 1.85. The van der Waals surface area contributed by atoms with Crippen LogP contribution in [0.5, 0.6) is 5.75 Å². The maximum absolute atomic E-state index is 11.9. The molecule has 0 aromatic heterocycles. The average Bonchev–Trinajstić information content (AvgIpc) is 2.46. The second-order valence-electron chi connectivity index (χ2n) is 4.95. The minimum Gasteiger partial charge on any atom is -0.484 e. The van der Waals surface area contributed by atoms with Gasteiger partial charge in [0.2, 0.25) is 0 Å². The zero-order chi connectivity index (χ0) is 15.2. The van der Waals surface area contributed by atoms with E-state index >= 15 is 0 Å². The molecule has 1 atom stereocenters. The molecule has 2 aromatic rings. The Morgan fingerprint density at radius 2 is 1.95 bits per heavy atom. The van der Waals surface area contributed by atoms with Crippen molar-refractivity contribution in [3.63, 3.8) is 0 Å². The lowest BCUT2D eigenvalue weighted by Gasteiger charge is -2.15. The summed E-state index contributed by atoms with van der Waals surface area (Å²) in [5.74, 6) is 0.420. The minimum absolute atomic E-state index is 0.0312. The molecule has 0 bridgehead atoms. The highest BCUT2D eigenvalue weighted by Gasteiger charge is 2.10. The Bertz CT molecular complexity index is 610. The van der Waals surface area contributed by atoms with Gasteiger partial charge in [-0.2, -0.15) is 0 Å². The molecule has 0 fully saturated rings. The Morgan fingerprint density at radius 3 is 2.62 bits per heavy atom. The van der Waals surface area contributed by atoms with Crippen LogP contribution in [0.3, 0.4) is 0 Å². The van der Waals surface area contributed by atoms with E-state index in [4.69, 9.17) is 16.3 Å². The van der Waals surface area contributed by atoms with Crippen molar-refractivity contribution in [3.8, 4) is 5.75 Å². The molecule has 0 aliphatic rings. The van der Waals surface area contributed by atoms with Gasteiger partial charge in [0.25, 0.3) is 5.91 Å². The highest BCUT2D eigenvalue weighted by atomic mass is 35.5. The molecule has 1 N–H and O–H groups in total. The van der Waals surface area contributed by atoms with Crippen molar-refractivity contribution in [1.82, 2.24) is 5.32 Å². The monoisotopic (exact) mass is 303 g/mol. The second kappa shape index (κ2) is 7.14. The topological polar surface area (TPSA) is 38.3 Å². The van der Waals surface area contributed by atoms with Gasteiger partial charge in [-0.05, 0) is 37.6 Å². The fourth-order valence-corrected chi connectivity index (χ4v) is 2.11. The maximum Gasteiger partial charge on any atom is 0.258 e. The van der Waals surface area contributed by atoms with Crippen molar-refractivity contribution in [2.24, 2.45) is 0 Å². The molecule has 0 saturated carbocycles. The van der Waals surface area contributed by atoms with E-state index in [9.17, 15) is 4.79 Å². The molecule has 0 spiro atoms. The Hall–Kier alpha value is -2.00. The van der Waals surface area contributed by atoms with Gasteiger partial charge in [-0.15, -0.1) is 0 Å². The molecule has 1 amide bonds. The predicted octanol–water partition coefficient (Wildman–Crippen LogP) is 3.90. The van der Waals surface area contributed by atoms with E-state index in [-0.39, 0.29) is 18.6 Å². The number of amides is 1. The molecule has 21 heavy (non-hydrogen) atoms. The van der Waals surface area contributed by atoms with Crippen LogP contribution in [0.4, 0.5) is 0 Å². The van der Waals surface area contributed by atoms with Crippen molar-refractivity contribution in [3.05, 3.63) is 64.7 Å². The number of ether oxygens (including phenoxy) is 1. The third-order valence-electron chi connectivity index (χ3n) is 3.12. The lowest BCUT2D eigenvalue weighted by atomic mass is 10.1. The standard InChI is InChI=1S/C17H18ClNO2/c1-12-6-8-14(9-7-12)13(2)19-17(20)11-21-16-5-3-4-15(18)10-16/h3-10,13H,11H2,1-2H3,(H,19,20)/t13-/m1/s1. The second-order valence-corrected chi connectivity index (χ2v) is 5.38. The number of carbonyl (C=O) groups excluding carboxylic acids is 1. The van der Waals surface area contributed by atoms with E-state index in [0.29, 0.717) is 10.8 Å². The average molecular weight is 304 g/mol. The number of hydrogen-bond acceptors (Lipinski definition) is 2. The summed E-state index contributed by atoms with van der Waals surface area (Å²) in [5.41, 5.74) is 2.26. The minimum atomic E-state index is -0.164. The van der Waals surface area contributed by atoms with E-state index in [1.54, 1.807) is 24.3 Å². The van der Waals surface area contributed by atoms with Crippen LogP contribution in [0.1, 0.15) is 24.1 Å². The van der Waals surface area contributed by atoms with Crippen molar-refractivity contribution in [1.29, 1.82) is 0 Å². The number of halogens is 1. The molecule has 0 aliphatic carbocycles. The fourth-order valence-electron chi connectivity index (χ4n) is 1.93. The summed E-state index contributed by atoms with van der Waals surface area (Å²) in [6.45, 7) is 3.95. The highest BCUT2D eigenvalue weighted by Crippen LogP contribution is 2.17. The normalized spacial score (nSPS) is 11.8. The zero-order valence-corrected chi connectivity index (χ0v) is 12.9. The number of carbonyl (C=O) groups is 1. The van der Waals surface area contributed by atoms with Crippen LogP contribution in [0.25, 0.3) is 0 Å². The molecule has 0 aliphatic heterocycles. The first kappa shape index (κ1) is 15.4. The molecule has 2 rings (SSSR count). The molecule has 110 valence electrons. The van der Waals surface area contributed by atoms with E-state index in [2.05, 4.69) is 5.32 Å². The lowest BCUT2D eigenvalue weighted by Crippen LogP contribution is -2.31. The van der Waals surface area contributed by atoms with Gasteiger partial charge in [0.1, 0.15) is 5.75 Å². The van der Waals surface area contributed by atoms with Gasteiger partial charge in [0.15, 0.2) is 6.61 Å². The summed E-state index contributed by atoms with van der Waals surface area (Å²) in [6, 6.07) is 15.0. The van der Waals surface area contributed by atoms with Crippen molar-refractivity contribution in [2.75, 3.05) is 6.61 Å². The van der Waals surface area contributed by atoms with Crippen LogP contribution < -0.4 is 10.1 Å². The van der Waals surface area contributed by atoms with Gasteiger partial charge in [0, 0.05) is 5.02 Å². The number of aryl methyl sites for hydroxylation is 1. The molecule has 0 radical (unpaired) electrons. The van der Waals surface area contributed by atoms with E-state index in [1.165, 1.54) is 5.56 Å². The SMILES string of the molecule is Cc1ccc([C@@H](C)NC(=O)COc2cccc(Cl)c2)cc1. The third-order valence-corrected chi connectivity index (χ3v) is 3.36. The van der Waals surface area contributed by atoms with Crippen molar-refractivity contribution >= 4 is 17.5 Å². The van der Waals surface area contributed by atoms with Crippen LogP contribution in [-0.4, -0.2) is 12.5 Å². The van der Waals surface area contributed by atoms with E-state index < -0.39 is 0 Å². The van der Waals surface area contributed by atoms with E-state index in [1.807, 2.05) is 38.1 Å². The molecule has 0 unspecified atom stereocenters. The number of hydrogen-bond donors (Lipinski definition) is 1. The molecule has 0 saturated heterocycles. The third kappa shape index (κ3) is 4.80. The Labute approximate surface area is 129 Å². The zero-order valence-electron chi connectivity index (χ0n) is 12.1. The summed E-state index contributed by atoms with van der Waals surface area (Å²) in [5, 5.41) is 3.49. The number of nitrogens with one attached hydrogen (secondary N) is 1. The molecule has 2 aromatic carbocycles. The Morgan fingerprint density at radius 1 is 1.24 bits per heavy atom. The molecule has 4 heteroatoms. The summed E-state index contributed by atoms with van der Waals surface area (Å²) in [6.07, 6.45) is 0. The predicted molar refractivity (Wildman–Crippen MR) is 84.7 cm³/mol. The summed E-state index contributed by atoms with van der Waals surface area (Å²) in [7, 11) is 0. The number of rotatable bonds is 5. The highest BCUT2D eigenvalue weighted by molar-refractivity contribution is 6.30. The smallest absolute Gasteiger partial charge is 0.258 e. The first-order chi connectivity index (χ1) is 10.0. The van der Waals surface area contributed by atoms with Crippen LogP contribution >= 0.6 is 11.6 Å². The molecular weight excluding hydrogens is 286 g/mol. The van der Waals surface area contributed by atoms with Crippen LogP contribution in [0.15, 0.2) is 48.5 Å². The van der Waals surface area contributed by atoms with Gasteiger partial charge in [-0.1, -0.05) is 47.5 Å². The summed E-state index contributed by atoms with van der Waals surface area (Å²) < 4.78 is 5.41. The first-order valence-corrected chi connectivity index (χ1v) is 7.16. The van der Waals surface area contributed by atoms with Gasteiger partial charge in [-0.3, -0.25) is 4.79 Å². The van der Waals surface area contributed by atoms with Crippen molar-refractivity contribution < 1.29 is 9.53 Å².